The average Bonchev–Trinajstić information content (AvgIpc) is 2.73. The van der Waals surface area contributed by atoms with Gasteiger partial charge < -0.3 is 4.74 Å². The molecular formula is C16H21F2NO2. The lowest BCUT2D eigenvalue weighted by molar-refractivity contribution is -0.143. The predicted octanol–water partition coefficient (Wildman–Crippen LogP) is 3.49. The highest BCUT2D eigenvalue weighted by Gasteiger charge is 2.30. The molecule has 0 saturated heterocycles. The maximum absolute atomic E-state index is 13.9. The summed E-state index contributed by atoms with van der Waals surface area (Å²) in [6.45, 7) is 0. The Balaban J connectivity index is 2.24. The van der Waals surface area contributed by atoms with E-state index in [1.807, 2.05) is 0 Å². The first kappa shape index (κ1) is 15.9. The molecule has 1 aliphatic rings. The largest absolute Gasteiger partial charge is 0.468 e. The van der Waals surface area contributed by atoms with Crippen LogP contribution in [-0.2, 0) is 9.53 Å². The molecule has 0 aromatic heterocycles. The number of hydrogen-bond donors (Lipinski definition) is 1. The van der Waals surface area contributed by atoms with Crippen LogP contribution >= 0.6 is 0 Å². The van der Waals surface area contributed by atoms with Gasteiger partial charge in [-0.3, -0.25) is 5.32 Å². The van der Waals surface area contributed by atoms with E-state index in [0.717, 1.165) is 50.7 Å². The summed E-state index contributed by atoms with van der Waals surface area (Å²) < 4.78 is 32.6. The van der Waals surface area contributed by atoms with Crippen molar-refractivity contribution >= 4 is 5.97 Å². The zero-order valence-corrected chi connectivity index (χ0v) is 12.2. The fourth-order valence-electron chi connectivity index (χ4n) is 2.86. The molecule has 2 rings (SSSR count). The molecule has 0 bridgehead atoms. The second kappa shape index (κ2) is 7.50. The van der Waals surface area contributed by atoms with Crippen LogP contribution < -0.4 is 5.32 Å². The number of halogens is 2. The Bertz CT molecular complexity index is 465. The van der Waals surface area contributed by atoms with E-state index in [1.54, 1.807) is 0 Å². The Morgan fingerprint density at radius 3 is 2.29 bits per heavy atom. The van der Waals surface area contributed by atoms with Crippen LogP contribution in [0.1, 0.15) is 50.1 Å². The van der Waals surface area contributed by atoms with Crippen molar-refractivity contribution in [3.05, 3.63) is 35.4 Å². The highest BCUT2D eigenvalue weighted by Crippen LogP contribution is 2.25. The van der Waals surface area contributed by atoms with Crippen LogP contribution in [0.25, 0.3) is 0 Å². The van der Waals surface area contributed by atoms with Gasteiger partial charge in [-0.2, -0.15) is 0 Å². The number of esters is 1. The molecule has 1 saturated carbocycles. The van der Waals surface area contributed by atoms with Gasteiger partial charge in [0.05, 0.1) is 12.7 Å². The molecule has 0 amide bonds. The minimum atomic E-state index is -1.10. The summed E-state index contributed by atoms with van der Waals surface area (Å²) in [4.78, 5) is 12.0. The quantitative estimate of drug-likeness (QED) is 0.683. The number of methoxy groups -OCH3 is 1. The van der Waals surface area contributed by atoms with E-state index < -0.39 is 23.6 Å². The van der Waals surface area contributed by atoms with E-state index in [2.05, 4.69) is 5.32 Å². The number of hydrogen-bond acceptors (Lipinski definition) is 3. The third-order valence-electron chi connectivity index (χ3n) is 3.98. The highest BCUT2D eigenvalue weighted by atomic mass is 19.1. The summed E-state index contributed by atoms with van der Waals surface area (Å²) in [5.74, 6) is -2.12. The van der Waals surface area contributed by atoms with Gasteiger partial charge in [-0.15, -0.1) is 0 Å². The summed E-state index contributed by atoms with van der Waals surface area (Å²) in [7, 11) is 1.23. The van der Waals surface area contributed by atoms with Crippen molar-refractivity contribution in [3.8, 4) is 0 Å². The van der Waals surface area contributed by atoms with Gasteiger partial charge in [0, 0.05) is 6.04 Å². The molecule has 1 aromatic carbocycles. The van der Waals surface area contributed by atoms with Crippen molar-refractivity contribution in [1.82, 2.24) is 5.32 Å². The SMILES string of the molecule is COC(=O)C(NC1CCCCCC1)c1c(F)cccc1F. The van der Waals surface area contributed by atoms with Crippen LogP contribution in [-0.4, -0.2) is 19.1 Å². The second-order valence-electron chi connectivity index (χ2n) is 5.45. The first-order valence-electron chi connectivity index (χ1n) is 7.41. The topological polar surface area (TPSA) is 38.3 Å². The van der Waals surface area contributed by atoms with Gasteiger partial charge >= 0.3 is 5.97 Å². The van der Waals surface area contributed by atoms with Crippen LogP contribution in [0.5, 0.6) is 0 Å². The number of carbonyl (C=O) groups is 1. The number of rotatable bonds is 4. The van der Waals surface area contributed by atoms with Gasteiger partial charge in [-0.1, -0.05) is 31.7 Å². The van der Waals surface area contributed by atoms with E-state index in [1.165, 1.54) is 13.2 Å². The van der Waals surface area contributed by atoms with Gasteiger partial charge in [0.15, 0.2) is 0 Å². The third kappa shape index (κ3) is 4.00. The van der Waals surface area contributed by atoms with Crippen LogP contribution in [0.3, 0.4) is 0 Å². The van der Waals surface area contributed by atoms with Gasteiger partial charge in [0.1, 0.15) is 17.7 Å². The molecule has 116 valence electrons. The third-order valence-corrected chi connectivity index (χ3v) is 3.98. The minimum absolute atomic E-state index is 0.0793. The summed E-state index contributed by atoms with van der Waals surface area (Å²) in [5, 5.41) is 3.09. The lowest BCUT2D eigenvalue weighted by Crippen LogP contribution is -2.38. The van der Waals surface area contributed by atoms with Crippen molar-refractivity contribution in [2.75, 3.05) is 7.11 Å². The normalized spacial score (nSPS) is 18.0. The average molecular weight is 297 g/mol. The zero-order valence-electron chi connectivity index (χ0n) is 12.2. The molecule has 1 aliphatic carbocycles. The lowest BCUT2D eigenvalue weighted by Gasteiger charge is -2.24. The Morgan fingerprint density at radius 1 is 1.19 bits per heavy atom. The monoisotopic (exact) mass is 297 g/mol. The minimum Gasteiger partial charge on any atom is -0.468 e. The van der Waals surface area contributed by atoms with E-state index in [-0.39, 0.29) is 11.6 Å². The van der Waals surface area contributed by atoms with Gasteiger partial charge in [0.2, 0.25) is 0 Å². The van der Waals surface area contributed by atoms with Gasteiger partial charge in [-0.05, 0) is 25.0 Å². The Kier molecular flexibility index (Phi) is 5.67. The Hall–Kier alpha value is -1.49. The van der Waals surface area contributed by atoms with E-state index in [9.17, 15) is 13.6 Å². The second-order valence-corrected chi connectivity index (χ2v) is 5.45. The fraction of sp³-hybridized carbons (Fsp3) is 0.562. The molecule has 1 unspecified atom stereocenters. The smallest absolute Gasteiger partial charge is 0.327 e. The summed E-state index contributed by atoms with van der Waals surface area (Å²) in [6, 6.07) is 2.58. The number of ether oxygens (including phenoxy) is 1. The molecule has 21 heavy (non-hydrogen) atoms. The molecule has 1 atom stereocenters. The van der Waals surface area contributed by atoms with Crippen molar-refractivity contribution in [2.45, 2.75) is 50.6 Å². The number of benzene rings is 1. The van der Waals surface area contributed by atoms with E-state index in [4.69, 9.17) is 4.74 Å². The van der Waals surface area contributed by atoms with Gasteiger partial charge in [-0.25, -0.2) is 13.6 Å². The van der Waals surface area contributed by atoms with Crippen LogP contribution in [0.15, 0.2) is 18.2 Å². The summed E-state index contributed by atoms with van der Waals surface area (Å²) in [6.07, 6.45) is 6.26. The maximum Gasteiger partial charge on any atom is 0.327 e. The molecular weight excluding hydrogens is 276 g/mol. The summed E-state index contributed by atoms with van der Waals surface area (Å²) in [5.41, 5.74) is -0.256. The van der Waals surface area contributed by atoms with Crippen molar-refractivity contribution in [3.63, 3.8) is 0 Å². The first-order valence-corrected chi connectivity index (χ1v) is 7.41. The molecule has 5 heteroatoms. The van der Waals surface area contributed by atoms with Crippen molar-refractivity contribution in [1.29, 1.82) is 0 Å². The number of nitrogens with one attached hydrogen (secondary N) is 1. The summed E-state index contributed by atoms with van der Waals surface area (Å²) >= 11 is 0. The zero-order chi connectivity index (χ0) is 15.2. The standard InChI is InChI=1S/C16H21F2NO2/c1-21-16(20)15(14-12(17)9-6-10-13(14)18)19-11-7-4-2-3-5-8-11/h6,9-11,15,19H,2-5,7-8H2,1H3. The first-order chi connectivity index (χ1) is 10.1. The van der Waals surface area contributed by atoms with Crippen LogP contribution in [0.4, 0.5) is 8.78 Å². The number of carbonyl (C=O) groups excluding carboxylic acids is 1. The molecule has 1 aromatic rings. The van der Waals surface area contributed by atoms with E-state index in [0.29, 0.717) is 0 Å². The van der Waals surface area contributed by atoms with Crippen LogP contribution in [0.2, 0.25) is 0 Å². The molecule has 1 fully saturated rings. The Morgan fingerprint density at radius 2 is 1.76 bits per heavy atom. The maximum atomic E-state index is 13.9. The lowest BCUT2D eigenvalue weighted by atomic mass is 10.0. The Labute approximate surface area is 123 Å². The van der Waals surface area contributed by atoms with Crippen LogP contribution in [0, 0.1) is 11.6 Å². The molecule has 3 nitrogen and oxygen atoms in total. The molecule has 0 heterocycles. The molecule has 0 radical (unpaired) electrons. The fourth-order valence-corrected chi connectivity index (χ4v) is 2.86. The van der Waals surface area contributed by atoms with Gasteiger partial charge in [0.25, 0.3) is 0 Å². The predicted molar refractivity (Wildman–Crippen MR) is 75.7 cm³/mol. The molecule has 1 N–H and O–H groups in total. The van der Waals surface area contributed by atoms with Crippen molar-refractivity contribution < 1.29 is 18.3 Å². The van der Waals surface area contributed by atoms with E-state index >= 15 is 0 Å². The molecule has 0 aliphatic heterocycles. The molecule has 0 spiro atoms. The van der Waals surface area contributed by atoms with Crippen molar-refractivity contribution in [2.24, 2.45) is 0 Å². The highest BCUT2D eigenvalue weighted by molar-refractivity contribution is 5.77.